The lowest BCUT2D eigenvalue weighted by molar-refractivity contribution is -0.116. The summed E-state index contributed by atoms with van der Waals surface area (Å²) in [5.74, 6) is 0.342. The highest BCUT2D eigenvalue weighted by Crippen LogP contribution is 2.18. The zero-order valence-electron chi connectivity index (χ0n) is 9.76. The zero-order valence-corrected chi connectivity index (χ0v) is 9.76. The molecule has 0 amide bonds. The topological polar surface area (TPSA) is 26.3 Å². The second-order valence-corrected chi connectivity index (χ2v) is 4.20. The summed E-state index contributed by atoms with van der Waals surface area (Å²) in [7, 11) is 1.68. The number of hydrogen-bond donors (Lipinski definition) is 0. The lowest BCUT2D eigenvalue weighted by Gasteiger charge is -2.10. The Morgan fingerprint density at radius 2 is 2.13 bits per heavy atom. The molecule has 0 aromatic carbocycles. The van der Waals surface area contributed by atoms with Crippen molar-refractivity contribution in [1.29, 1.82) is 0 Å². The van der Waals surface area contributed by atoms with Gasteiger partial charge < -0.3 is 4.74 Å². The van der Waals surface area contributed by atoms with Crippen molar-refractivity contribution in [1.82, 2.24) is 0 Å². The Hall–Kier alpha value is -0.630. The van der Waals surface area contributed by atoms with Crippen LogP contribution in [0, 0.1) is 0 Å². The molecular formula is C13H22O2. The lowest BCUT2D eigenvalue weighted by Crippen LogP contribution is -2.05. The van der Waals surface area contributed by atoms with Crippen LogP contribution in [0.3, 0.4) is 0 Å². The van der Waals surface area contributed by atoms with Crippen molar-refractivity contribution in [2.24, 2.45) is 0 Å². The third-order valence-corrected chi connectivity index (χ3v) is 2.90. The number of carbonyl (C=O) groups excluding carboxylic acids is 1. The number of Topliss-reactive ketones (excluding diaryl/α,β-unsaturated/α-hetero) is 1. The Bertz CT molecular complexity index is 219. The fraction of sp³-hybridized carbons (Fsp3) is 0.769. The van der Waals surface area contributed by atoms with Crippen molar-refractivity contribution >= 4 is 5.78 Å². The fourth-order valence-corrected chi connectivity index (χ4v) is 1.98. The van der Waals surface area contributed by atoms with Crippen LogP contribution < -0.4 is 0 Å². The highest BCUT2D eigenvalue weighted by Gasteiger charge is 2.10. The van der Waals surface area contributed by atoms with E-state index in [2.05, 4.69) is 6.08 Å². The standard InChI is InChI=1S/C13H22O2/c1-15-11-7-10-13(14)12-8-5-3-2-4-6-9-12/h8H,2-7,9-11H2,1H3. The molecule has 1 aliphatic carbocycles. The number of rotatable bonds is 5. The SMILES string of the molecule is COCCCC(=O)C1=CCCCCCC1. The van der Waals surface area contributed by atoms with Gasteiger partial charge in [0.05, 0.1) is 0 Å². The minimum absolute atomic E-state index is 0.342. The molecule has 0 N–H and O–H groups in total. The van der Waals surface area contributed by atoms with E-state index in [1.54, 1.807) is 7.11 Å². The van der Waals surface area contributed by atoms with E-state index < -0.39 is 0 Å². The molecule has 0 spiro atoms. The van der Waals surface area contributed by atoms with Crippen LogP contribution in [-0.2, 0) is 9.53 Å². The van der Waals surface area contributed by atoms with Crippen molar-refractivity contribution in [3.8, 4) is 0 Å². The maximum Gasteiger partial charge on any atom is 0.158 e. The number of ether oxygens (including phenoxy) is 1. The van der Waals surface area contributed by atoms with Gasteiger partial charge in [0.1, 0.15) is 0 Å². The van der Waals surface area contributed by atoms with E-state index in [0.29, 0.717) is 18.8 Å². The van der Waals surface area contributed by atoms with Crippen LogP contribution in [0.4, 0.5) is 0 Å². The van der Waals surface area contributed by atoms with Crippen LogP contribution >= 0.6 is 0 Å². The molecule has 1 rings (SSSR count). The molecule has 86 valence electrons. The second-order valence-electron chi connectivity index (χ2n) is 4.20. The molecule has 0 atom stereocenters. The summed E-state index contributed by atoms with van der Waals surface area (Å²) < 4.78 is 4.95. The molecule has 0 fully saturated rings. The van der Waals surface area contributed by atoms with E-state index >= 15 is 0 Å². The number of ketones is 1. The molecule has 2 nitrogen and oxygen atoms in total. The fourth-order valence-electron chi connectivity index (χ4n) is 1.98. The number of allylic oxidation sites excluding steroid dienone is 2. The van der Waals surface area contributed by atoms with Gasteiger partial charge in [-0.25, -0.2) is 0 Å². The molecule has 0 heterocycles. The maximum absolute atomic E-state index is 11.8. The average molecular weight is 210 g/mol. The minimum Gasteiger partial charge on any atom is -0.385 e. The largest absolute Gasteiger partial charge is 0.385 e. The predicted molar refractivity (Wildman–Crippen MR) is 61.9 cm³/mol. The van der Waals surface area contributed by atoms with Crippen molar-refractivity contribution < 1.29 is 9.53 Å². The summed E-state index contributed by atoms with van der Waals surface area (Å²) in [6, 6.07) is 0. The van der Waals surface area contributed by atoms with E-state index in [9.17, 15) is 4.79 Å². The summed E-state index contributed by atoms with van der Waals surface area (Å²) in [5.41, 5.74) is 1.07. The van der Waals surface area contributed by atoms with Crippen LogP contribution in [0.1, 0.15) is 51.4 Å². The van der Waals surface area contributed by atoms with Gasteiger partial charge in [-0.05, 0) is 37.7 Å². The normalized spacial score (nSPS) is 17.8. The van der Waals surface area contributed by atoms with Crippen LogP contribution in [0.2, 0.25) is 0 Å². The molecule has 0 aromatic heterocycles. The highest BCUT2D eigenvalue weighted by molar-refractivity contribution is 5.95. The van der Waals surface area contributed by atoms with Crippen LogP contribution in [0.15, 0.2) is 11.6 Å². The maximum atomic E-state index is 11.8. The van der Waals surface area contributed by atoms with E-state index in [1.807, 2.05) is 0 Å². The molecule has 0 radical (unpaired) electrons. The lowest BCUT2D eigenvalue weighted by atomic mass is 9.95. The third kappa shape index (κ3) is 5.12. The van der Waals surface area contributed by atoms with Gasteiger partial charge in [0, 0.05) is 20.1 Å². The van der Waals surface area contributed by atoms with E-state index in [0.717, 1.165) is 24.8 Å². The summed E-state index contributed by atoms with van der Waals surface area (Å²) >= 11 is 0. The quantitative estimate of drug-likeness (QED) is 0.651. The molecule has 1 aliphatic rings. The first-order valence-corrected chi connectivity index (χ1v) is 6.06. The Morgan fingerprint density at radius 1 is 1.33 bits per heavy atom. The summed E-state index contributed by atoms with van der Waals surface area (Å²) in [4.78, 5) is 11.8. The Kier molecular flexibility index (Phi) is 6.33. The van der Waals surface area contributed by atoms with Crippen LogP contribution in [-0.4, -0.2) is 19.5 Å². The molecule has 0 bridgehead atoms. The third-order valence-electron chi connectivity index (χ3n) is 2.90. The number of hydrogen-bond acceptors (Lipinski definition) is 2. The van der Waals surface area contributed by atoms with Gasteiger partial charge in [0.2, 0.25) is 0 Å². The van der Waals surface area contributed by atoms with Crippen LogP contribution in [0.25, 0.3) is 0 Å². The van der Waals surface area contributed by atoms with E-state index in [1.165, 1.54) is 25.7 Å². The van der Waals surface area contributed by atoms with Gasteiger partial charge in [-0.2, -0.15) is 0 Å². The molecular weight excluding hydrogens is 188 g/mol. The highest BCUT2D eigenvalue weighted by atomic mass is 16.5. The Morgan fingerprint density at radius 3 is 2.93 bits per heavy atom. The molecule has 0 aromatic rings. The molecule has 0 unspecified atom stereocenters. The summed E-state index contributed by atoms with van der Waals surface area (Å²) in [5, 5.41) is 0. The first kappa shape index (κ1) is 12.4. The first-order chi connectivity index (χ1) is 7.34. The van der Waals surface area contributed by atoms with Gasteiger partial charge in [-0.1, -0.05) is 18.9 Å². The van der Waals surface area contributed by atoms with Crippen molar-refractivity contribution in [2.75, 3.05) is 13.7 Å². The number of methoxy groups -OCH3 is 1. The van der Waals surface area contributed by atoms with Gasteiger partial charge >= 0.3 is 0 Å². The molecule has 0 saturated heterocycles. The molecule has 0 aliphatic heterocycles. The van der Waals surface area contributed by atoms with E-state index in [4.69, 9.17) is 4.74 Å². The molecule has 15 heavy (non-hydrogen) atoms. The minimum atomic E-state index is 0.342. The van der Waals surface area contributed by atoms with Gasteiger partial charge in [-0.15, -0.1) is 0 Å². The monoisotopic (exact) mass is 210 g/mol. The predicted octanol–water partition coefficient (Wildman–Crippen LogP) is 3.26. The smallest absolute Gasteiger partial charge is 0.158 e. The number of carbonyl (C=O) groups is 1. The van der Waals surface area contributed by atoms with Crippen LogP contribution in [0.5, 0.6) is 0 Å². The van der Waals surface area contributed by atoms with Gasteiger partial charge in [0.25, 0.3) is 0 Å². The van der Waals surface area contributed by atoms with Gasteiger partial charge in [-0.3, -0.25) is 4.79 Å². The Labute approximate surface area is 92.7 Å². The summed E-state index contributed by atoms with van der Waals surface area (Å²) in [6.45, 7) is 0.693. The molecule has 0 saturated carbocycles. The molecule has 2 heteroatoms. The van der Waals surface area contributed by atoms with Crippen molar-refractivity contribution in [2.45, 2.75) is 51.4 Å². The second kappa shape index (κ2) is 7.63. The van der Waals surface area contributed by atoms with Crippen molar-refractivity contribution in [3.05, 3.63) is 11.6 Å². The van der Waals surface area contributed by atoms with Gasteiger partial charge in [0.15, 0.2) is 5.78 Å². The summed E-state index contributed by atoms with van der Waals surface area (Å²) in [6.07, 6.45) is 10.8. The van der Waals surface area contributed by atoms with Crippen molar-refractivity contribution in [3.63, 3.8) is 0 Å². The van der Waals surface area contributed by atoms with E-state index in [-0.39, 0.29) is 0 Å². The first-order valence-electron chi connectivity index (χ1n) is 6.06. The average Bonchev–Trinajstić information content (AvgIpc) is 2.17. The Balaban J connectivity index is 2.34. The zero-order chi connectivity index (χ0) is 10.9.